The lowest BCUT2D eigenvalue weighted by atomic mass is 10.3. The summed E-state index contributed by atoms with van der Waals surface area (Å²) in [7, 11) is -3.52. The molecule has 7 heteroatoms. The lowest BCUT2D eigenvalue weighted by Gasteiger charge is -2.08. The highest BCUT2D eigenvalue weighted by atomic mass is 32.2. The molecule has 0 aliphatic carbocycles. The minimum absolute atomic E-state index is 0.0352. The fourth-order valence-corrected chi connectivity index (χ4v) is 2.81. The Bertz CT molecular complexity index is 521. The van der Waals surface area contributed by atoms with Crippen LogP contribution in [0.3, 0.4) is 0 Å². The second-order valence-corrected chi connectivity index (χ2v) is 6.35. The summed E-state index contributed by atoms with van der Waals surface area (Å²) in [4.78, 5) is 0. The Morgan fingerprint density at radius 1 is 1.10 bits per heavy atom. The van der Waals surface area contributed by atoms with Crippen molar-refractivity contribution in [1.29, 1.82) is 0 Å². The molecule has 0 aliphatic heterocycles. The molecular weight excluding hydrogens is 286 g/mol. The van der Waals surface area contributed by atoms with Crippen molar-refractivity contribution in [3.8, 4) is 0 Å². The Morgan fingerprint density at radius 3 is 2.50 bits per heavy atom. The number of hydrogen-bond donors (Lipinski definition) is 2. The van der Waals surface area contributed by atoms with E-state index in [1.807, 2.05) is 0 Å². The molecule has 1 aromatic carbocycles. The summed E-state index contributed by atoms with van der Waals surface area (Å²) in [5.74, 6) is -2.12. The van der Waals surface area contributed by atoms with E-state index in [1.54, 1.807) is 0 Å². The van der Waals surface area contributed by atoms with Gasteiger partial charge < -0.3 is 5.32 Å². The third-order valence-electron chi connectivity index (χ3n) is 2.64. The normalized spacial score (nSPS) is 11.6. The molecule has 0 atom stereocenters. The Balaban J connectivity index is 2.39. The van der Waals surface area contributed by atoms with Gasteiger partial charge in [-0.1, -0.05) is 6.92 Å². The molecule has 0 bridgehead atoms. The number of halogens is 2. The third-order valence-corrected chi connectivity index (χ3v) is 4.01. The zero-order valence-corrected chi connectivity index (χ0v) is 12.3. The van der Waals surface area contributed by atoms with Gasteiger partial charge in [0.1, 0.15) is 0 Å². The molecule has 1 aromatic rings. The van der Waals surface area contributed by atoms with Crippen LogP contribution in [-0.2, 0) is 10.0 Å². The van der Waals surface area contributed by atoms with E-state index < -0.39 is 21.7 Å². The van der Waals surface area contributed by atoms with Gasteiger partial charge in [0.25, 0.3) is 0 Å². The molecule has 20 heavy (non-hydrogen) atoms. The second kappa shape index (κ2) is 8.16. The van der Waals surface area contributed by atoms with Gasteiger partial charge in [-0.05, 0) is 44.5 Å². The van der Waals surface area contributed by atoms with Crippen LogP contribution in [0, 0.1) is 11.6 Å². The molecule has 0 spiro atoms. The Labute approximate surface area is 118 Å². The molecule has 2 N–H and O–H groups in total. The first-order valence-electron chi connectivity index (χ1n) is 6.61. The van der Waals surface area contributed by atoms with Crippen LogP contribution in [0.4, 0.5) is 14.5 Å². The molecule has 0 heterocycles. The third kappa shape index (κ3) is 6.29. The molecule has 0 radical (unpaired) electrons. The quantitative estimate of drug-likeness (QED) is 0.689. The first-order chi connectivity index (χ1) is 9.44. The molecule has 0 unspecified atom stereocenters. The van der Waals surface area contributed by atoms with Crippen molar-refractivity contribution in [2.75, 3.05) is 23.6 Å². The maximum atomic E-state index is 13.0. The molecule has 1 rings (SSSR count). The number of unbranched alkanes of at least 4 members (excludes halogenated alkanes) is 1. The van der Waals surface area contributed by atoms with E-state index in [1.165, 1.54) is 6.07 Å². The Kier molecular flexibility index (Phi) is 6.87. The molecule has 0 saturated heterocycles. The van der Waals surface area contributed by atoms with Gasteiger partial charge in [0.2, 0.25) is 10.0 Å². The zero-order chi connectivity index (χ0) is 15.0. The smallest absolute Gasteiger partial charge is 0.232 e. The van der Waals surface area contributed by atoms with Gasteiger partial charge >= 0.3 is 0 Å². The first-order valence-corrected chi connectivity index (χ1v) is 8.26. The largest absolute Gasteiger partial charge is 0.317 e. The molecule has 0 fully saturated rings. The van der Waals surface area contributed by atoms with Gasteiger partial charge in [-0.15, -0.1) is 0 Å². The molecule has 0 aliphatic rings. The number of hydrogen-bond acceptors (Lipinski definition) is 3. The zero-order valence-electron chi connectivity index (χ0n) is 11.5. The summed E-state index contributed by atoms with van der Waals surface area (Å²) >= 11 is 0. The summed E-state index contributed by atoms with van der Waals surface area (Å²) in [5, 5.41) is 3.18. The van der Waals surface area contributed by atoms with Crippen molar-refractivity contribution in [3.63, 3.8) is 0 Å². The van der Waals surface area contributed by atoms with Crippen LogP contribution >= 0.6 is 0 Å². The average molecular weight is 306 g/mol. The van der Waals surface area contributed by atoms with Gasteiger partial charge in [0.15, 0.2) is 11.6 Å². The minimum Gasteiger partial charge on any atom is -0.317 e. The van der Waals surface area contributed by atoms with Crippen LogP contribution in [0.15, 0.2) is 18.2 Å². The van der Waals surface area contributed by atoms with E-state index >= 15 is 0 Å². The summed E-state index contributed by atoms with van der Waals surface area (Å²) < 4.78 is 51.4. The molecular formula is C13H20F2N2O2S. The molecule has 4 nitrogen and oxygen atoms in total. The predicted molar refractivity (Wildman–Crippen MR) is 76.2 cm³/mol. The van der Waals surface area contributed by atoms with E-state index in [0.717, 1.165) is 38.1 Å². The lowest BCUT2D eigenvalue weighted by molar-refractivity contribution is 0.509. The van der Waals surface area contributed by atoms with Gasteiger partial charge in [-0.25, -0.2) is 17.2 Å². The second-order valence-electron chi connectivity index (χ2n) is 4.51. The summed E-state index contributed by atoms with van der Waals surface area (Å²) in [5.41, 5.74) is 0.0352. The van der Waals surface area contributed by atoms with Gasteiger partial charge in [-0.3, -0.25) is 4.72 Å². The number of nitrogens with one attached hydrogen (secondary N) is 2. The van der Waals surface area contributed by atoms with Crippen LogP contribution in [0.2, 0.25) is 0 Å². The summed E-state index contributed by atoms with van der Waals surface area (Å²) in [6, 6.07) is 2.91. The van der Waals surface area contributed by atoms with Crippen LogP contribution in [0.25, 0.3) is 0 Å². The molecule has 0 amide bonds. The average Bonchev–Trinajstić information content (AvgIpc) is 2.38. The molecule has 0 aromatic heterocycles. The fourth-order valence-electron chi connectivity index (χ4n) is 1.63. The monoisotopic (exact) mass is 306 g/mol. The van der Waals surface area contributed by atoms with E-state index in [4.69, 9.17) is 0 Å². The number of rotatable bonds is 9. The SMILES string of the molecule is CCCNCCCCS(=O)(=O)Nc1ccc(F)c(F)c1. The topological polar surface area (TPSA) is 58.2 Å². The van der Waals surface area contributed by atoms with Crippen LogP contribution in [0.1, 0.15) is 26.2 Å². The highest BCUT2D eigenvalue weighted by Gasteiger charge is 2.11. The fraction of sp³-hybridized carbons (Fsp3) is 0.538. The lowest BCUT2D eigenvalue weighted by Crippen LogP contribution is -2.20. The van der Waals surface area contributed by atoms with Gasteiger partial charge in [0.05, 0.1) is 11.4 Å². The van der Waals surface area contributed by atoms with Crippen LogP contribution in [-0.4, -0.2) is 27.3 Å². The number of benzene rings is 1. The van der Waals surface area contributed by atoms with Crippen molar-refractivity contribution in [3.05, 3.63) is 29.8 Å². The van der Waals surface area contributed by atoms with Gasteiger partial charge in [-0.2, -0.15) is 0 Å². The van der Waals surface area contributed by atoms with Crippen molar-refractivity contribution in [2.24, 2.45) is 0 Å². The maximum Gasteiger partial charge on any atom is 0.232 e. The van der Waals surface area contributed by atoms with E-state index in [-0.39, 0.29) is 11.4 Å². The standard InChI is InChI=1S/C13H20F2N2O2S/c1-2-7-16-8-3-4-9-20(18,19)17-11-5-6-12(14)13(15)10-11/h5-6,10,16-17H,2-4,7-9H2,1H3. The van der Waals surface area contributed by atoms with Crippen LogP contribution in [0.5, 0.6) is 0 Å². The Hall–Kier alpha value is -1.21. The summed E-state index contributed by atoms with van der Waals surface area (Å²) in [6.45, 7) is 3.75. The highest BCUT2D eigenvalue weighted by molar-refractivity contribution is 7.92. The van der Waals surface area contributed by atoms with Crippen molar-refractivity contribution >= 4 is 15.7 Å². The van der Waals surface area contributed by atoms with E-state index in [0.29, 0.717) is 6.42 Å². The predicted octanol–water partition coefficient (Wildman–Crippen LogP) is 2.49. The first kappa shape index (κ1) is 16.8. The van der Waals surface area contributed by atoms with E-state index in [9.17, 15) is 17.2 Å². The van der Waals surface area contributed by atoms with Gasteiger partial charge in [0, 0.05) is 6.07 Å². The van der Waals surface area contributed by atoms with Crippen molar-refractivity contribution < 1.29 is 17.2 Å². The van der Waals surface area contributed by atoms with E-state index in [2.05, 4.69) is 17.0 Å². The maximum absolute atomic E-state index is 13.0. The minimum atomic E-state index is -3.52. The Morgan fingerprint density at radius 2 is 1.85 bits per heavy atom. The van der Waals surface area contributed by atoms with Crippen LogP contribution < -0.4 is 10.0 Å². The van der Waals surface area contributed by atoms with Crippen molar-refractivity contribution in [1.82, 2.24) is 5.32 Å². The number of anilines is 1. The highest BCUT2D eigenvalue weighted by Crippen LogP contribution is 2.14. The van der Waals surface area contributed by atoms with Crippen molar-refractivity contribution in [2.45, 2.75) is 26.2 Å². The summed E-state index contributed by atoms with van der Waals surface area (Å²) in [6.07, 6.45) is 2.30. The molecule has 0 saturated carbocycles. The number of sulfonamides is 1. The molecule has 114 valence electrons.